The summed E-state index contributed by atoms with van der Waals surface area (Å²) in [7, 11) is 1.66. The summed E-state index contributed by atoms with van der Waals surface area (Å²) in [5, 5.41) is 4.03. The number of carbonyl (C=O) groups is 1. The highest BCUT2D eigenvalue weighted by atomic mass is 32.1. The Hall–Kier alpha value is -1.70. The number of carbonyl (C=O) groups excluding carboxylic acids is 1. The number of anilines is 1. The molecule has 6 nitrogen and oxygen atoms in total. The molecule has 3 rings (SSSR count). The van der Waals surface area contributed by atoms with Crippen molar-refractivity contribution in [3.8, 4) is 0 Å². The van der Waals surface area contributed by atoms with Gasteiger partial charge in [0.05, 0.1) is 38.0 Å². The predicted octanol–water partition coefficient (Wildman–Crippen LogP) is 1.13. The van der Waals surface area contributed by atoms with Gasteiger partial charge in [0.2, 0.25) is 0 Å². The Morgan fingerprint density at radius 2 is 2.36 bits per heavy atom. The number of rotatable bonds is 5. The number of methoxy groups -OCH3 is 1. The second-order valence-electron chi connectivity index (χ2n) is 6.75. The highest BCUT2D eigenvalue weighted by molar-refractivity contribution is 7.21. The Kier molecular flexibility index (Phi) is 5.56. The van der Waals surface area contributed by atoms with Gasteiger partial charge in [0, 0.05) is 18.2 Å². The minimum absolute atomic E-state index is 0.0797. The van der Waals surface area contributed by atoms with Crippen molar-refractivity contribution in [2.24, 2.45) is 0 Å². The Bertz CT molecular complexity index is 774. The average Bonchev–Trinajstić information content (AvgIpc) is 2.92. The maximum atomic E-state index is 12.8. The lowest BCUT2D eigenvalue weighted by Gasteiger charge is -2.29. The minimum Gasteiger partial charge on any atom is -0.397 e. The molecule has 0 aliphatic carbocycles. The molecule has 136 valence electrons. The molecular formula is C18H27N4O2S+. The second-order valence-corrected chi connectivity index (χ2v) is 7.75. The number of fused-ring (bicyclic) bond motifs is 1. The zero-order valence-corrected chi connectivity index (χ0v) is 16.0. The number of nitrogens with zero attached hydrogens (tertiary/aromatic N) is 1. The van der Waals surface area contributed by atoms with E-state index in [-0.39, 0.29) is 11.9 Å². The number of quaternary nitrogens is 1. The number of nitrogens with one attached hydrogen (secondary N) is 2. The van der Waals surface area contributed by atoms with E-state index in [4.69, 9.17) is 10.5 Å². The number of likely N-dealkylation sites (tertiary alicyclic amines) is 1. The summed E-state index contributed by atoms with van der Waals surface area (Å²) in [5.41, 5.74) is 8.74. The van der Waals surface area contributed by atoms with Gasteiger partial charge in [0.25, 0.3) is 5.91 Å². The van der Waals surface area contributed by atoms with Crippen LogP contribution in [0, 0.1) is 6.92 Å². The SMILES string of the molecule is CC[NH+]1CCC[C@H](NC(=O)c2sc3nc(C)cc(COC)c3c2N)C1. The van der Waals surface area contributed by atoms with Crippen LogP contribution in [0.2, 0.25) is 0 Å². The number of aromatic nitrogens is 1. The van der Waals surface area contributed by atoms with E-state index in [1.54, 1.807) is 12.0 Å². The van der Waals surface area contributed by atoms with Gasteiger partial charge in [-0.1, -0.05) is 0 Å². The molecule has 1 saturated heterocycles. The first-order valence-corrected chi connectivity index (χ1v) is 9.67. The zero-order chi connectivity index (χ0) is 18.0. The Morgan fingerprint density at radius 1 is 1.56 bits per heavy atom. The summed E-state index contributed by atoms with van der Waals surface area (Å²) < 4.78 is 5.28. The lowest BCUT2D eigenvalue weighted by molar-refractivity contribution is -0.904. The van der Waals surface area contributed by atoms with E-state index >= 15 is 0 Å². The van der Waals surface area contributed by atoms with Crippen molar-refractivity contribution < 1.29 is 14.4 Å². The molecule has 25 heavy (non-hydrogen) atoms. The quantitative estimate of drug-likeness (QED) is 0.744. The summed E-state index contributed by atoms with van der Waals surface area (Å²) in [6.07, 6.45) is 2.18. The van der Waals surface area contributed by atoms with E-state index in [0.29, 0.717) is 17.2 Å². The smallest absolute Gasteiger partial charge is 0.263 e. The van der Waals surface area contributed by atoms with Gasteiger partial charge in [-0.25, -0.2) is 4.98 Å². The molecule has 2 aromatic heterocycles. The molecule has 1 amide bonds. The van der Waals surface area contributed by atoms with Gasteiger partial charge in [-0.2, -0.15) is 0 Å². The fourth-order valence-corrected chi connectivity index (χ4v) is 4.71. The Balaban J connectivity index is 1.86. The normalized spacial score (nSPS) is 20.8. The van der Waals surface area contributed by atoms with Crippen LogP contribution in [-0.4, -0.2) is 43.7 Å². The molecule has 1 unspecified atom stereocenters. The van der Waals surface area contributed by atoms with E-state index in [1.165, 1.54) is 17.9 Å². The number of ether oxygens (including phenoxy) is 1. The Morgan fingerprint density at radius 3 is 3.08 bits per heavy atom. The molecule has 0 spiro atoms. The van der Waals surface area contributed by atoms with Crippen LogP contribution in [0.25, 0.3) is 10.2 Å². The summed E-state index contributed by atoms with van der Waals surface area (Å²) >= 11 is 1.37. The number of piperidine rings is 1. The number of hydrogen-bond donors (Lipinski definition) is 3. The van der Waals surface area contributed by atoms with Gasteiger partial charge in [-0.05, 0) is 38.3 Å². The topological polar surface area (TPSA) is 81.7 Å². The van der Waals surface area contributed by atoms with Crippen molar-refractivity contribution in [1.82, 2.24) is 10.3 Å². The van der Waals surface area contributed by atoms with Gasteiger partial charge in [0.15, 0.2) is 0 Å². The molecule has 0 radical (unpaired) electrons. The summed E-state index contributed by atoms with van der Waals surface area (Å²) in [6, 6.07) is 2.19. The molecule has 1 aliphatic heterocycles. The van der Waals surface area contributed by atoms with Crippen LogP contribution in [0.5, 0.6) is 0 Å². The fourth-order valence-electron chi connectivity index (χ4n) is 3.62. The molecule has 1 aliphatic rings. The van der Waals surface area contributed by atoms with Gasteiger partial charge in [-0.3, -0.25) is 4.79 Å². The summed E-state index contributed by atoms with van der Waals surface area (Å²) in [5.74, 6) is -0.0797. The van der Waals surface area contributed by atoms with E-state index < -0.39 is 0 Å². The molecule has 4 N–H and O–H groups in total. The van der Waals surface area contributed by atoms with Crippen molar-refractivity contribution in [1.29, 1.82) is 0 Å². The number of nitrogen functional groups attached to an aromatic ring is 1. The number of nitrogens with two attached hydrogens (primary N) is 1. The number of likely N-dealkylation sites (N-methyl/N-ethyl adjacent to an activating group) is 1. The first kappa shape index (κ1) is 18.1. The molecule has 7 heteroatoms. The summed E-state index contributed by atoms with van der Waals surface area (Å²) in [4.78, 5) is 20.3. The monoisotopic (exact) mass is 363 g/mol. The van der Waals surface area contributed by atoms with Crippen LogP contribution >= 0.6 is 11.3 Å². The van der Waals surface area contributed by atoms with Crippen molar-refractivity contribution >= 4 is 33.1 Å². The molecular weight excluding hydrogens is 336 g/mol. The third-order valence-corrected chi connectivity index (χ3v) is 5.97. The molecule has 0 saturated carbocycles. The third-order valence-electron chi connectivity index (χ3n) is 4.87. The standard InChI is InChI=1S/C18H26N4O2S/c1-4-22-7-5-6-13(9-22)21-17(23)16-15(19)14-12(10-24-3)8-11(2)20-18(14)25-16/h8,13H,4-7,9-10,19H2,1-3H3,(H,21,23)/p+1/t13-/m0/s1. The number of thiophene rings is 1. The van der Waals surface area contributed by atoms with Crippen LogP contribution in [0.3, 0.4) is 0 Å². The van der Waals surface area contributed by atoms with E-state index in [2.05, 4.69) is 17.2 Å². The molecule has 2 aromatic rings. The fraction of sp³-hybridized carbons (Fsp3) is 0.556. The van der Waals surface area contributed by atoms with Crippen molar-refractivity contribution in [3.05, 3.63) is 22.2 Å². The lowest BCUT2D eigenvalue weighted by Crippen LogP contribution is -3.14. The molecule has 1 fully saturated rings. The highest BCUT2D eigenvalue weighted by Crippen LogP contribution is 2.35. The number of hydrogen-bond acceptors (Lipinski definition) is 5. The predicted molar refractivity (Wildman–Crippen MR) is 101 cm³/mol. The maximum absolute atomic E-state index is 12.8. The van der Waals surface area contributed by atoms with Crippen molar-refractivity contribution in [3.63, 3.8) is 0 Å². The van der Waals surface area contributed by atoms with Crippen LogP contribution in [0.15, 0.2) is 6.07 Å². The van der Waals surface area contributed by atoms with Gasteiger partial charge in [0.1, 0.15) is 9.71 Å². The number of amides is 1. The first-order valence-electron chi connectivity index (χ1n) is 8.85. The van der Waals surface area contributed by atoms with Crippen LogP contribution in [-0.2, 0) is 11.3 Å². The van der Waals surface area contributed by atoms with Gasteiger partial charge >= 0.3 is 0 Å². The highest BCUT2D eigenvalue weighted by Gasteiger charge is 2.26. The van der Waals surface area contributed by atoms with Crippen LogP contribution in [0.1, 0.15) is 40.7 Å². The first-order chi connectivity index (χ1) is 12.0. The van der Waals surface area contributed by atoms with Gasteiger partial charge < -0.3 is 20.7 Å². The van der Waals surface area contributed by atoms with E-state index in [9.17, 15) is 4.79 Å². The van der Waals surface area contributed by atoms with E-state index in [1.807, 2.05) is 13.0 Å². The van der Waals surface area contributed by atoms with Gasteiger partial charge in [-0.15, -0.1) is 11.3 Å². The third kappa shape index (κ3) is 3.78. The molecule has 0 aromatic carbocycles. The maximum Gasteiger partial charge on any atom is 0.263 e. The van der Waals surface area contributed by atoms with Crippen LogP contribution < -0.4 is 16.0 Å². The zero-order valence-electron chi connectivity index (χ0n) is 15.1. The number of pyridine rings is 1. The average molecular weight is 364 g/mol. The summed E-state index contributed by atoms with van der Waals surface area (Å²) in [6.45, 7) is 7.87. The van der Waals surface area contributed by atoms with Crippen molar-refractivity contribution in [2.75, 3.05) is 32.5 Å². The van der Waals surface area contributed by atoms with E-state index in [0.717, 1.165) is 47.4 Å². The lowest BCUT2D eigenvalue weighted by atomic mass is 10.1. The van der Waals surface area contributed by atoms with Crippen molar-refractivity contribution in [2.45, 2.75) is 39.3 Å². The minimum atomic E-state index is -0.0797. The second kappa shape index (κ2) is 7.68. The largest absolute Gasteiger partial charge is 0.397 e. The molecule has 0 bridgehead atoms. The van der Waals surface area contributed by atoms with Crippen LogP contribution in [0.4, 0.5) is 5.69 Å². The number of aryl methyl sites for hydroxylation is 1. The molecule has 2 atom stereocenters. The Labute approximate surface area is 152 Å². The molecule has 3 heterocycles.